The molecule has 0 fully saturated rings. The number of carbonyl (C=O) groups is 2. The Kier molecular flexibility index (Phi) is 5.97. The molecule has 0 atom stereocenters. The van der Waals surface area contributed by atoms with Crippen molar-refractivity contribution in [3.8, 4) is 5.75 Å². The smallest absolute Gasteiger partial charge is 0.236 e. The van der Waals surface area contributed by atoms with Gasteiger partial charge in [-0.05, 0) is 31.2 Å². The number of benzene rings is 1. The van der Waals surface area contributed by atoms with Gasteiger partial charge in [0.1, 0.15) is 11.4 Å². The van der Waals surface area contributed by atoms with E-state index in [0.29, 0.717) is 17.4 Å². The Morgan fingerprint density at radius 2 is 2.05 bits per heavy atom. The highest BCUT2D eigenvalue weighted by atomic mass is 32.2. The molecule has 1 amide bonds. The molecule has 7 heteroatoms. The van der Waals surface area contributed by atoms with Crippen LogP contribution in [0.25, 0.3) is 0 Å². The number of nitrogens with one attached hydrogen (secondary N) is 1. The molecular weight excluding hydrogens is 320 g/mol. The summed E-state index contributed by atoms with van der Waals surface area (Å²) in [5.74, 6) is 0.836. The van der Waals surface area contributed by atoms with Crippen LogP contribution in [0.15, 0.2) is 34.5 Å². The number of ether oxygens (including phenoxy) is 1. The molecular formula is C15H16N2O3S2. The standard InChI is InChI=1S/C15H16N2O3S2/c1-3-20-11-4-6-12(7-5-11)21-9-14(19)17-15-16-13(8-22-15)10(2)18/h4-8H,3,9H2,1-2H3,(H,16,17,19). The Labute approximate surface area is 137 Å². The van der Waals surface area contributed by atoms with Crippen LogP contribution in [0.4, 0.5) is 5.13 Å². The quantitative estimate of drug-likeness (QED) is 0.619. The van der Waals surface area contributed by atoms with Gasteiger partial charge >= 0.3 is 0 Å². The lowest BCUT2D eigenvalue weighted by atomic mass is 10.3. The van der Waals surface area contributed by atoms with Gasteiger partial charge in [-0.3, -0.25) is 9.59 Å². The van der Waals surface area contributed by atoms with Crippen molar-refractivity contribution < 1.29 is 14.3 Å². The molecule has 2 rings (SSSR count). The highest BCUT2D eigenvalue weighted by Crippen LogP contribution is 2.22. The van der Waals surface area contributed by atoms with E-state index in [1.54, 1.807) is 5.38 Å². The zero-order valence-corrected chi connectivity index (χ0v) is 13.9. The number of aromatic nitrogens is 1. The fourth-order valence-corrected chi connectivity index (χ4v) is 3.06. The summed E-state index contributed by atoms with van der Waals surface area (Å²) in [4.78, 5) is 28.0. The SMILES string of the molecule is CCOc1ccc(SCC(=O)Nc2nc(C(C)=O)cs2)cc1. The molecule has 0 saturated carbocycles. The van der Waals surface area contributed by atoms with E-state index in [-0.39, 0.29) is 17.4 Å². The third-order valence-electron chi connectivity index (χ3n) is 2.62. The summed E-state index contributed by atoms with van der Waals surface area (Å²) in [5.41, 5.74) is 0.375. The van der Waals surface area contributed by atoms with Gasteiger partial charge in [0, 0.05) is 17.2 Å². The first kappa shape index (κ1) is 16.5. The van der Waals surface area contributed by atoms with Gasteiger partial charge in [0.05, 0.1) is 12.4 Å². The van der Waals surface area contributed by atoms with Crippen LogP contribution in [0.3, 0.4) is 0 Å². The summed E-state index contributed by atoms with van der Waals surface area (Å²) in [6.07, 6.45) is 0. The van der Waals surface area contributed by atoms with Crippen molar-refractivity contribution in [1.82, 2.24) is 4.98 Å². The number of thiazole rings is 1. The third-order valence-corrected chi connectivity index (χ3v) is 4.39. The maximum atomic E-state index is 11.9. The fourth-order valence-electron chi connectivity index (χ4n) is 1.60. The van der Waals surface area contributed by atoms with Crippen LogP contribution in [0.1, 0.15) is 24.3 Å². The van der Waals surface area contributed by atoms with Gasteiger partial charge in [-0.1, -0.05) is 0 Å². The lowest BCUT2D eigenvalue weighted by molar-refractivity contribution is -0.113. The van der Waals surface area contributed by atoms with E-state index < -0.39 is 0 Å². The van der Waals surface area contributed by atoms with E-state index in [4.69, 9.17) is 4.74 Å². The second-order valence-corrected chi connectivity index (χ2v) is 6.24. The predicted molar refractivity (Wildman–Crippen MR) is 89.1 cm³/mol. The van der Waals surface area contributed by atoms with E-state index in [9.17, 15) is 9.59 Å². The summed E-state index contributed by atoms with van der Waals surface area (Å²) in [7, 11) is 0. The van der Waals surface area contributed by atoms with Crippen molar-refractivity contribution >= 4 is 39.9 Å². The predicted octanol–water partition coefficient (Wildman–Crippen LogP) is 3.48. The van der Waals surface area contributed by atoms with E-state index in [0.717, 1.165) is 10.6 Å². The normalized spacial score (nSPS) is 10.3. The zero-order chi connectivity index (χ0) is 15.9. The highest BCUT2D eigenvalue weighted by molar-refractivity contribution is 8.00. The van der Waals surface area contributed by atoms with Crippen molar-refractivity contribution in [2.24, 2.45) is 0 Å². The van der Waals surface area contributed by atoms with Crippen LogP contribution in [0.2, 0.25) is 0 Å². The number of amides is 1. The minimum atomic E-state index is -0.150. The van der Waals surface area contributed by atoms with Crippen molar-refractivity contribution in [3.63, 3.8) is 0 Å². The van der Waals surface area contributed by atoms with E-state index in [1.165, 1.54) is 30.0 Å². The van der Waals surface area contributed by atoms with Gasteiger partial charge in [-0.25, -0.2) is 4.98 Å². The van der Waals surface area contributed by atoms with Crippen molar-refractivity contribution in [1.29, 1.82) is 0 Å². The minimum Gasteiger partial charge on any atom is -0.494 e. The molecule has 0 saturated heterocycles. The second-order valence-electron chi connectivity index (χ2n) is 4.34. The molecule has 1 aromatic carbocycles. The average Bonchev–Trinajstić information content (AvgIpc) is 2.95. The van der Waals surface area contributed by atoms with E-state index in [2.05, 4.69) is 10.3 Å². The largest absolute Gasteiger partial charge is 0.494 e. The molecule has 0 spiro atoms. The number of thioether (sulfide) groups is 1. The van der Waals surface area contributed by atoms with Gasteiger partial charge in [0.2, 0.25) is 5.91 Å². The van der Waals surface area contributed by atoms with Crippen LogP contribution in [0.5, 0.6) is 5.75 Å². The molecule has 1 aromatic heterocycles. The van der Waals surface area contributed by atoms with Gasteiger partial charge in [-0.2, -0.15) is 0 Å². The Morgan fingerprint density at radius 1 is 1.32 bits per heavy atom. The molecule has 0 bridgehead atoms. The molecule has 0 aliphatic heterocycles. The monoisotopic (exact) mass is 336 g/mol. The number of hydrogen-bond donors (Lipinski definition) is 1. The van der Waals surface area contributed by atoms with Gasteiger partial charge in [-0.15, -0.1) is 23.1 Å². The molecule has 2 aromatic rings. The third kappa shape index (κ3) is 4.85. The maximum Gasteiger partial charge on any atom is 0.236 e. The molecule has 22 heavy (non-hydrogen) atoms. The summed E-state index contributed by atoms with van der Waals surface area (Å²) in [6, 6.07) is 7.59. The first-order chi connectivity index (χ1) is 10.6. The van der Waals surface area contributed by atoms with Crippen molar-refractivity contribution in [3.05, 3.63) is 35.3 Å². The molecule has 0 aliphatic rings. The first-order valence-corrected chi connectivity index (χ1v) is 8.57. The molecule has 5 nitrogen and oxygen atoms in total. The number of ketones is 1. The summed E-state index contributed by atoms with van der Waals surface area (Å²) >= 11 is 2.68. The topological polar surface area (TPSA) is 68.3 Å². The maximum absolute atomic E-state index is 11.9. The molecule has 0 aliphatic carbocycles. The van der Waals surface area contributed by atoms with Crippen molar-refractivity contribution in [2.75, 3.05) is 17.7 Å². The summed E-state index contributed by atoms with van der Waals surface area (Å²) in [5, 5.41) is 4.77. The number of carbonyl (C=O) groups excluding carboxylic acids is 2. The number of Topliss-reactive ketones (excluding diaryl/α,β-unsaturated/α-hetero) is 1. The van der Waals surface area contributed by atoms with Gasteiger partial charge < -0.3 is 10.1 Å². The Balaban J connectivity index is 1.82. The number of nitrogens with zero attached hydrogens (tertiary/aromatic N) is 1. The lowest BCUT2D eigenvalue weighted by Gasteiger charge is -2.05. The number of anilines is 1. The van der Waals surface area contributed by atoms with Crippen LogP contribution in [-0.4, -0.2) is 29.0 Å². The number of rotatable bonds is 7. The fraction of sp³-hybridized carbons (Fsp3) is 0.267. The lowest BCUT2D eigenvalue weighted by Crippen LogP contribution is -2.14. The summed E-state index contributed by atoms with van der Waals surface area (Å²) in [6.45, 7) is 4.01. The van der Waals surface area contributed by atoms with E-state index >= 15 is 0 Å². The Bertz CT molecular complexity index is 653. The van der Waals surface area contributed by atoms with Crippen LogP contribution in [-0.2, 0) is 4.79 Å². The van der Waals surface area contributed by atoms with Crippen molar-refractivity contribution in [2.45, 2.75) is 18.7 Å². The molecule has 0 unspecified atom stereocenters. The zero-order valence-electron chi connectivity index (χ0n) is 12.3. The average molecular weight is 336 g/mol. The van der Waals surface area contributed by atoms with Gasteiger partial charge in [0.15, 0.2) is 10.9 Å². The Hall–Kier alpha value is -1.86. The van der Waals surface area contributed by atoms with Crippen LogP contribution in [0, 0.1) is 0 Å². The highest BCUT2D eigenvalue weighted by Gasteiger charge is 2.09. The van der Waals surface area contributed by atoms with Crippen LogP contribution < -0.4 is 10.1 Å². The van der Waals surface area contributed by atoms with E-state index in [1.807, 2.05) is 31.2 Å². The molecule has 1 heterocycles. The minimum absolute atomic E-state index is 0.111. The summed E-state index contributed by atoms with van der Waals surface area (Å²) < 4.78 is 5.36. The molecule has 1 N–H and O–H groups in total. The van der Waals surface area contributed by atoms with Crippen LogP contribution >= 0.6 is 23.1 Å². The molecule has 0 radical (unpaired) electrons. The first-order valence-electron chi connectivity index (χ1n) is 6.70. The van der Waals surface area contributed by atoms with Gasteiger partial charge in [0.25, 0.3) is 0 Å². The Morgan fingerprint density at radius 3 is 2.64 bits per heavy atom. The second kappa shape index (κ2) is 7.95. The number of hydrogen-bond acceptors (Lipinski definition) is 6. The molecule has 116 valence electrons.